The molecule has 1 aliphatic heterocycles. The molecule has 148 valence electrons. The summed E-state index contributed by atoms with van der Waals surface area (Å²) in [5.41, 5.74) is 1.58. The molecule has 0 saturated heterocycles. The van der Waals surface area contributed by atoms with Crippen LogP contribution >= 0.6 is 23.4 Å². The number of amides is 1. The van der Waals surface area contributed by atoms with Gasteiger partial charge in [-0.05, 0) is 24.5 Å². The second kappa shape index (κ2) is 7.96. The van der Waals surface area contributed by atoms with Crippen molar-refractivity contribution in [3.63, 3.8) is 0 Å². The number of halogens is 2. The molecule has 1 amide bonds. The van der Waals surface area contributed by atoms with Crippen LogP contribution in [0, 0.1) is 5.82 Å². The maximum atomic E-state index is 14.9. The number of hydrogen-bond donors (Lipinski definition) is 0. The van der Waals surface area contributed by atoms with E-state index in [2.05, 4.69) is 15.2 Å². The van der Waals surface area contributed by atoms with E-state index in [0.717, 1.165) is 0 Å². The van der Waals surface area contributed by atoms with Crippen molar-refractivity contribution >= 4 is 35.0 Å². The zero-order chi connectivity index (χ0) is 20.5. The van der Waals surface area contributed by atoms with Crippen LogP contribution in [0.3, 0.4) is 0 Å². The third kappa shape index (κ3) is 3.42. The van der Waals surface area contributed by atoms with E-state index in [1.54, 1.807) is 31.2 Å². The van der Waals surface area contributed by atoms with Crippen LogP contribution in [0.2, 0.25) is 5.02 Å². The Morgan fingerprint density at radius 1 is 1.24 bits per heavy atom. The topological polar surface area (TPSA) is 68.2 Å². The summed E-state index contributed by atoms with van der Waals surface area (Å²) in [6.45, 7) is 1.73. The Hall–Kier alpha value is -2.71. The van der Waals surface area contributed by atoms with E-state index >= 15 is 0 Å². The Balaban J connectivity index is 2.03. The van der Waals surface area contributed by atoms with Crippen LogP contribution in [0.4, 0.5) is 10.1 Å². The minimum absolute atomic E-state index is 0.0583. The lowest BCUT2D eigenvalue weighted by molar-refractivity contribution is -0.120. The molecule has 0 N–H and O–H groups in total. The first-order chi connectivity index (χ1) is 14.0. The summed E-state index contributed by atoms with van der Waals surface area (Å²) in [7, 11) is 0. The van der Waals surface area contributed by atoms with E-state index < -0.39 is 12.0 Å². The number of aromatic nitrogens is 3. The molecule has 0 radical (unpaired) electrons. The molecule has 2 heterocycles. The van der Waals surface area contributed by atoms with Crippen LogP contribution in [0.15, 0.2) is 47.6 Å². The highest BCUT2D eigenvalue weighted by Crippen LogP contribution is 2.45. The zero-order valence-corrected chi connectivity index (χ0v) is 17.2. The first-order valence-corrected chi connectivity index (χ1v) is 10.5. The van der Waals surface area contributed by atoms with Crippen molar-refractivity contribution in [3.05, 3.63) is 58.9 Å². The third-order valence-electron chi connectivity index (χ3n) is 4.51. The van der Waals surface area contributed by atoms with Gasteiger partial charge < -0.3 is 4.74 Å². The zero-order valence-electron chi connectivity index (χ0n) is 15.6. The fourth-order valence-corrected chi connectivity index (χ4v) is 3.73. The molecule has 9 heteroatoms. The van der Waals surface area contributed by atoms with Gasteiger partial charge in [-0.2, -0.15) is 4.98 Å². The highest BCUT2D eigenvalue weighted by atomic mass is 35.5. The van der Waals surface area contributed by atoms with Crippen molar-refractivity contribution in [1.29, 1.82) is 0 Å². The van der Waals surface area contributed by atoms with Crippen LogP contribution in [0.25, 0.3) is 11.3 Å². The summed E-state index contributed by atoms with van der Waals surface area (Å²) >= 11 is 7.63. The second-order valence-corrected chi connectivity index (χ2v) is 7.37. The molecule has 0 aliphatic carbocycles. The van der Waals surface area contributed by atoms with Crippen LogP contribution in [0.5, 0.6) is 5.88 Å². The number of thioether (sulfide) groups is 1. The molecule has 0 bridgehead atoms. The van der Waals surface area contributed by atoms with Gasteiger partial charge in [0.2, 0.25) is 23.2 Å². The summed E-state index contributed by atoms with van der Waals surface area (Å²) in [6, 6.07) is 11.5. The monoisotopic (exact) mass is 430 g/mol. The first kappa shape index (κ1) is 19.6. The summed E-state index contributed by atoms with van der Waals surface area (Å²) in [5.74, 6) is -0.676. The molecular formula is C20H16ClFN4O2S. The number of fused-ring (bicyclic) bond motifs is 3. The molecule has 0 spiro atoms. The fourth-order valence-electron chi connectivity index (χ4n) is 3.17. The van der Waals surface area contributed by atoms with Gasteiger partial charge in [-0.3, -0.25) is 9.69 Å². The van der Waals surface area contributed by atoms with Gasteiger partial charge in [0.25, 0.3) is 0 Å². The van der Waals surface area contributed by atoms with Crippen molar-refractivity contribution in [2.24, 2.45) is 0 Å². The quantitative estimate of drug-likeness (QED) is 0.551. The van der Waals surface area contributed by atoms with Crippen LogP contribution < -0.4 is 9.64 Å². The number of nitrogens with zero attached hydrogens (tertiary/aromatic N) is 4. The lowest BCUT2D eigenvalue weighted by Gasteiger charge is -2.31. The molecule has 0 saturated carbocycles. The van der Waals surface area contributed by atoms with Crippen molar-refractivity contribution in [3.8, 4) is 17.1 Å². The van der Waals surface area contributed by atoms with Gasteiger partial charge in [0, 0.05) is 12.0 Å². The van der Waals surface area contributed by atoms with E-state index in [0.29, 0.717) is 22.1 Å². The highest BCUT2D eigenvalue weighted by Gasteiger charge is 2.37. The SMILES string of the molecule is CCC(=O)N1c2ccccc2-c2nnc(SC)nc2O[C@@H]1c1c(F)cccc1Cl. The van der Waals surface area contributed by atoms with E-state index in [1.807, 2.05) is 12.3 Å². The number of para-hydroxylation sites is 1. The fraction of sp³-hybridized carbons (Fsp3) is 0.200. The Labute approximate surface area is 176 Å². The van der Waals surface area contributed by atoms with E-state index in [9.17, 15) is 9.18 Å². The van der Waals surface area contributed by atoms with Crippen molar-refractivity contribution in [2.75, 3.05) is 11.2 Å². The normalized spacial score (nSPS) is 15.2. The van der Waals surface area contributed by atoms with E-state index in [-0.39, 0.29) is 28.8 Å². The number of carbonyl (C=O) groups is 1. The molecule has 2 aromatic carbocycles. The molecule has 0 fully saturated rings. The minimum Gasteiger partial charge on any atom is -0.447 e. The van der Waals surface area contributed by atoms with E-state index in [1.165, 1.54) is 28.8 Å². The second-order valence-electron chi connectivity index (χ2n) is 6.19. The number of hydrogen-bond acceptors (Lipinski definition) is 6. The van der Waals surface area contributed by atoms with Crippen molar-refractivity contribution in [1.82, 2.24) is 15.2 Å². The summed E-state index contributed by atoms with van der Waals surface area (Å²) in [4.78, 5) is 18.8. The Kier molecular flexibility index (Phi) is 5.38. The van der Waals surface area contributed by atoms with Gasteiger partial charge in [0.15, 0.2) is 5.69 Å². The molecule has 6 nitrogen and oxygen atoms in total. The van der Waals surface area contributed by atoms with Gasteiger partial charge in [0.1, 0.15) is 5.82 Å². The van der Waals surface area contributed by atoms with Gasteiger partial charge in [-0.15, -0.1) is 10.2 Å². The molecule has 1 atom stereocenters. The van der Waals surface area contributed by atoms with Crippen LogP contribution in [0.1, 0.15) is 25.1 Å². The number of carbonyl (C=O) groups excluding carboxylic acids is 1. The predicted molar refractivity (Wildman–Crippen MR) is 110 cm³/mol. The maximum Gasteiger partial charge on any atom is 0.247 e. The molecule has 1 aromatic heterocycles. The largest absolute Gasteiger partial charge is 0.447 e. The predicted octanol–water partition coefficient (Wildman–Crippen LogP) is 4.89. The van der Waals surface area contributed by atoms with Gasteiger partial charge in [-0.25, -0.2) is 4.39 Å². The minimum atomic E-state index is -1.15. The lowest BCUT2D eigenvalue weighted by Crippen LogP contribution is -2.38. The van der Waals surface area contributed by atoms with Crippen molar-refractivity contribution in [2.45, 2.75) is 24.7 Å². The van der Waals surface area contributed by atoms with Gasteiger partial charge in [0.05, 0.1) is 16.3 Å². The highest BCUT2D eigenvalue weighted by molar-refractivity contribution is 7.98. The standard InChI is InChI=1S/C20H16ClFN4O2S/c1-3-15(27)26-14-10-5-4-7-11(14)17-18(23-20(29-2)25-24-17)28-19(26)16-12(21)8-6-9-13(16)22/h4-10,19H,3H2,1-2H3/t19-/m1/s1. The van der Waals surface area contributed by atoms with Gasteiger partial charge in [-0.1, -0.05) is 54.6 Å². The number of benzene rings is 2. The molecule has 4 rings (SSSR count). The summed E-state index contributed by atoms with van der Waals surface area (Å²) < 4.78 is 21.0. The molecule has 29 heavy (non-hydrogen) atoms. The maximum absolute atomic E-state index is 14.9. The number of rotatable bonds is 3. The van der Waals surface area contributed by atoms with Crippen LogP contribution in [-0.4, -0.2) is 27.3 Å². The number of anilines is 1. The molecule has 1 aliphatic rings. The third-order valence-corrected chi connectivity index (χ3v) is 5.38. The molecule has 0 unspecified atom stereocenters. The van der Waals surface area contributed by atoms with Crippen LogP contribution in [-0.2, 0) is 4.79 Å². The van der Waals surface area contributed by atoms with E-state index in [4.69, 9.17) is 16.3 Å². The Morgan fingerprint density at radius 2 is 2.03 bits per heavy atom. The Morgan fingerprint density at radius 3 is 2.76 bits per heavy atom. The molecule has 3 aromatic rings. The average Bonchev–Trinajstić information content (AvgIpc) is 2.87. The Bertz CT molecular complexity index is 1080. The lowest BCUT2D eigenvalue weighted by atomic mass is 10.1. The smallest absolute Gasteiger partial charge is 0.247 e. The summed E-state index contributed by atoms with van der Waals surface area (Å²) in [6.07, 6.45) is 0.850. The van der Waals surface area contributed by atoms with Crippen molar-refractivity contribution < 1.29 is 13.9 Å². The average molecular weight is 431 g/mol. The first-order valence-electron chi connectivity index (χ1n) is 8.85. The van der Waals surface area contributed by atoms with Gasteiger partial charge >= 0.3 is 0 Å². The number of ether oxygens (including phenoxy) is 1. The summed E-state index contributed by atoms with van der Waals surface area (Å²) in [5, 5.41) is 8.90. The molecular weight excluding hydrogens is 415 g/mol.